The predicted molar refractivity (Wildman–Crippen MR) is 113 cm³/mol. The molecule has 1 aromatic heterocycles. The molecule has 0 bridgehead atoms. The Morgan fingerprint density at radius 3 is 2.62 bits per heavy atom. The molecule has 0 aliphatic carbocycles. The van der Waals surface area contributed by atoms with Gasteiger partial charge in [-0.3, -0.25) is 19.1 Å². The van der Waals surface area contributed by atoms with Gasteiger partial charge in [0.05, 0.1) is 12.2 Å². The topological polar surface area (TPSA) is 113 Å². The van der Waals surface area contributed by atoms with Gasteiger partial charge in [0.1, 0.15) is 11.6 Å². The summed E-state index contributed by atoms with van der Waals surface area (Å²) in [7, 11) is 0. The van der Waals surface area contributed by atoms with Gasteiger partial charge in [-0.05, 0) is 24.5 Å². The van der Waals surface area contributed by atoms with Gasteiger partial charge in [0.25, 0.3) is 5.56 Å². The number of carbonyl (C=O) groups is 1. The van der Waals surface area contributed by atoms with Crippen molar-refractivity contribution in [2.24, 2.45) is 5.92 Å². The lowest BCUT2D eigenvalue weighted by Gasteiger charge is -2.25. The smallest absolute Gasteiger partial charge is 0.330 e. The highest BCUT2D eigenvalue weighted by Crippen LogP contribution is 2.19. The number of aromatic amines is 1. The van der Waals surface area contributed by atoms with Gasteiger partial charge in [-0.2, -0.15) is 0 Å². The monoisotopic (exact) mass is 405 g/mol. The number of rotatable bonds is 9. The zero-order valence-electron chi connectivity index (χ0n) is 17.0. The van der Waals surface area contributed by atoms with Crippen LogP contribution in [0.4, 0.5) is 21.6 Å². The number of hydrogen-bond acceptors (Lipinski definition) is 5. The van der Waals surface area contributed by atoms with E-state index in [0.717, 1.165) is 6.42 Å². The van der Waals surface area contributed by atoms with E-state index in [1.165, 1.54) is 21.6 Å². The molecule has 0 atom stereocenters. The molecule has 158 valence electrons. The van der Waals surface area contributed by atoms with Crippen LogP contribution >= 0.6 is 0 Å². The largest absolute Gasteiger partial charge is 0.383 e. The van der Waals surface area contributed by atoms with Crippen molar-refractivity contribution in [1.29, 1.82) is 0 Å². The van der Waals surface area contributed by atoms with Crippen LogP contribution in [0.2, 0.25) is 0 Å². The van der Waals surface area contributed by atoms with E-state index in [1.54, 1.807) is 12.1 Å². The van der Waals surface area contributed by atoms with E-state index in [4.69, 9.17) is 5.73 Å². The third-order valence-corrected chi connectivity index (χ3v) is 4.37. The van der Waals surface area contributed by atoms with E-state index in [1.807, 2.05) is 20.8 Å². The van der Waals surface area contributed by atoms with Crippen molar-refractivity contribution < 1.29 is 9.18 Å². The number of benzene rings is 1. The molecule has 29 heavy (non-hydrogen) atoms. The van der Waals surface area contributed by atoms with E-state index >= 15 is 0 Å². The second-order valence-electron chi connectivity index (χ2n) is 7.23. The first-order chi connectivity index (χ1) is 13.8. The van der Waals surface area contributed by atoms with Gasteiger partial charge in [-0.15, -0.1) is 0 Å². The van der Waals surface area contributed by atoms with Crippen LogP contribution in [0.1, 0.15) is 33.6 Å². The lowest BCUT2D eigenvalue weighted by atomic mass is 10.2. The minimum atomic E-state index is -0.720. The van der Waals surface area contributed by atoms with Gasteiger partial charge in [-0.25, -0.2) is 9.18 Å². The van der Waals surface area contributed by atoms with Crippen molar-refractivity contribution >= 4 is 23.1 Å². The molecule has 0 aliphatic rings. The van der Waals surface area contributed by atoms with E-state index in [0.29, 0.717) is 13.0 Å². The first-order valence-corrected chi connectivity index (χ1v) is 9.67. The number of aromatic nitrogens is 2. The maximum absolute atomic E-state index is 13.8. The Kier molecular flexibility index (Phi) is 7.58. The molecule has 0 radical (unpaired) electrons. The molecule has 4 N–H and O–H groups in total. The maximum Gasteiger partial charge on any atom is 0.330 e. The molecular formula is C20H28FN5O3. The summed E-state index contributed by atoms with van der Waals surface area (Å²) in [6.07, 6.45) is 1.42. The second-order valence-corrected chi connectivity index (χ2v) is 7.23. The molecule has 1 heterocycles. The van der Waals surface area contributed by atoms with Gasteiger partial charge in [0, 0.05) is 13.1 Å². The van der Waals surface area contributed by atoms with Crippen molar-refractivity contribution in [3.05, 3.63) is 50.9 Å². The zero-order chi connectivity index (χ0) is 21.6. The number of para-hydroxylation sites is 1. The van der Waals surface area contributed by atoms with Crippen LogP contribution < -0.4 is 27.2 Å². The third kappa shape index (κ3) is 5.46. The highest BCUT2D eigenvalue weighted by molar-refractivity contribution is 5.98. The molecule has 0 saturated carbocycles. The first-order valence-electron chi connectivity index (χ1n) is 9.67. The van der Waals surface area contributed by atoms with Crippen LogP contribution in [0, 0.1) is 11.7 Å². The number of nitrogen functional groups attached to an aromatic ring is 1. The van der Waals surface area contributed by atoms with Crippen molar-refractivity contribution in [2.75, 3.05) is 29.0 Å². The third-order valence-electron chi connectivity index (χ3n) is 4.37. The molecule has 0 fully saturated rings. The average Bonchev–Trinajstić information content (AvgIpc) is 2.66. The molecule has 0 unspecified atom stereocenters. The Balaban J connectivity index is 2.38. The number of carbonyl (C=O) groups excluding carboxylic acids is 1. The van der Waals surface area contributed by atoms with Crippen LogP contribution in [0.3, 0.4) is 0 Å². The number of anilines is 3. The lowest BCUT2D eigenvalue weighted by Crippen LogP contribution is -2.44. The normalized spacial score (nSPS) is 10.9. The average molecular weight is 405 g/mol. The number of amides is 1. The summed E-state index contributed by atoms with van der Waals surface area (Å²) >= 11 is 0. The second kappa shape index (κ2) is 9.90. The van der Waals surface area contributed by atoms with Crippen molar-refractivity contribution in [3.63, 3.8) is 0 Å². The number of nitrogens with one attached hydrogen (secondary N) is 2. The summed E-state index contributed by atoms with van der Waals surface area (Å²) in [6.45, 7) is 6.10. The van der Waals surface area contributed by atoms with E-state index < -0.39 is 23.0 Å². The quantitative estimate of drug-likeness (QED) is 0.592. The van der Waals surface area contributed by atoms with Gasteiger partial charge in [0.15, 0.2) is 5.69 Å². The summed E-state index contributed by atoms with van der Waals surface area (Å²) in [5.74, 6) is -0.879. The van der Waals surface area contributed by atoms with Gasteiger partial charge in [-0.1, -0.05) is 39.3 Å². The van der Waals surface area contributed by atoms with Gasteiger partial charge in [0.2, 0.25) is 5.91 Å². The van der Waals surface area contributed by atoms with Gasteiger partial charge >= 0.3 is 5.69 Å². The van der Waals surface area contributed by atoms with Crippen LogP contribution in [-0.2, 0) is 11.3 Å². The standard InChI is InChI=1S/C20H28FN5O3/c1-4-5-10-25(16(27)11-23-15-9-7-6-8-14(15)21)17-18(22)26(12-13(2)3)20(29)24-19(17)28/h6-9,13,23H,4-5,10-12,22H2,1-3H3,(H,24,28,29). The molecule has 2 rings (SSSR count). The first kappa shape index (κ1) is 22.2. The highest BCUT2D eigenvalue weighted by Gasteiger charge is 2.24. The number of hydrogen-bond donors (Lipinski definition) is 3. The maximum atomic E-state index is 13.8. The van der Waals surface area contributed by atoms with Crippen LogP contribution in [0.5, 0.6) is 0 Å². The van der Waals surface area contributed by atoms with Crippen molar-refractivity contribution in [3.8, 4) is 0 Å². The fourth-order valence-electron chi connectivity index (χ4n) is 2.93. The number of unbranched alkanes of at least 4 members (excludes halogenated alkanes) is 1. The van der Waals surface area contributed by atoms with Crippen LogP contribution in [-0.4, -0.2) is 28.5 Å². The molecule has 0 spiro atoms. The number of halogens is 1. The minimum Gasteiger partial charge on any atom is -0.383 e. The zero-order valence-corrected chi connectivity index (χ0v) is 17.0. The fourth-order valence-corrected chi connectivity index (χ4v) is 2.93. The molecule has 1 amide bonds. The predicted octanol–water partition coefficient (Wildman–Crippen LogP) is 2.16. The molecule has 0 saturated heterocycles. The SMILES string of the molecule is CCCCN(C(=O)CNc1ccccc1F)c1c(N)n(CC(C)C)c(=O)[nH]c1=O. The number of H-pyrrole nitrogens is 1. The van der Waals surface area contributed by atoms with Crippen LogP contribution in [0.25, 0.3) is 0 Å². The molecule has 1 aromatic carbocycles. The molecule has 2 aromatic rings. The van der Waals surface area contributed by atoms with Crippen molar-refractivity contribution in [2.45, 2.75) is 40.2 Å². The molecular weight excluding hydrogens is 377 g/mol. The Bertz CT molecular complexity index is 967. The number of nitrogens with two attached hydrogens (primary N) is 1. The Labute approximate surface area is 168 Å². The van der Waals surface area contributed by atoms with Crippen molar-refractivity contribution in [1.82, 2.24) is 9.55 Å². The summed E-state index contributed by atoms with van der Waals surface area (Å²) < 4.78 is 15.1. The molecule has 0 aliphatic heterocycles. The summed E-state index contributed by atoms with van der Waals surface area (Å²) in [6, 6.07) is 6.00. The summed E-state index contributed by atoms with van der Waals surface area (Å²) in [5.41, 5.74) is 4.94. The minimum absolute atomic E-state index is 0.0530. The summed E-state index contributed by atoms with van der Waals surface area (Å²) in [5, 5.41) is 2.75. The Hall–Kier alpha value is -3.10. The van der Waals surface area contributed by atoms with E-state index in [2.05, 4.69) is 10.3 Å². The fraction of sp³-hybridized carbons (Fsp3) is 0.450. The van der Waals surface area contributed by atoms with E-state index in [9.17, 15) is 18.8 Å². The molecule has 9 heteroatoms. The number of nitrogens with zero attached hydrogens (tertiary/aromatic N) is 2. The van der Waals surface area contributed by atoms with Crippen LogP contribution in [0.15, 0.2) is 33.9 Å². The highest BCUT2D eigenvalue weighted by atomic mass is 19.1. The Morgan fingerprint density at radius 1 is 1.31 bits per heavy atom. The molecule has 8 nitrogen and oxygen atoms in total. The lowest BCUT2D eigenvalue weighted by molar-refractivity contribution is -0.117. The van der Waals surface area contributed by atoms with Gasteiger partial charge < -0.3 is 16.0 Å². The van der Waals surface area contributed by atoms with E-state index in [-0.39, 0.29) is 36.2 Å². The Morgan fingerprint density at radius 2 is 2.00 bits per heavy atom. The summed E-state index contributed by atoms with van der Waals surface area (Å²) in [4.78, 5) is 41.1.